The molecule has 0 unspecified atom stereocenters. The van der Waals surface area contributed by atoms with E-state index in [0.29, 0.717) is 90.2 Å². The summed E-state index contributed by atoms with van der Waals surface area (Å²) in [5.41, 5.74) is 7.48. The molecule has 0 atom stereocenters. The van der Waals surface area contributed by atoms with Gasteiger partial charge in [-0.1, -0.05) is 54.4 Å². The second kappa shape index (κ2) is 18.7. The molecule has 15 heteroatoms. The third-order valence-electron chi connectivity index (χ3n) is 10.0. The quantitative estimate of drug-likeness (QED) is 0.166. The van der Waals surface area contributed by atoms with Crippen LogP contribution in [0.3, 0.4) is 0 Å². The van der Waals surface area contributed by atoms with Gasteiger partial charge in [-0.2, -0.15) is 0 Å². The largest absolute Gasteiger partial charge is 0.495 e. The predicted molar refractivity (Wildman–Crippen MR) is 241 cm³/mol. The summed E-state index contributed by atoms with van der Waals surface area (Å²) in [4.78, 5) is 29.2. The van der Waals surface area contributed by atoms with E-state index < -0.39 is 11.6 Å². The van der Waals surface area contributed by atoms with Crippen molar-refractivity contribution in [1.29, 1.82) is 0 Å². The Balaban J connectivity index is 0.000000224. The van der Waals surface area contributed by atoms with Crippen LogP contribution in [0.5, 0.6) is 5.75 Å². The molecule has 1 saturated heterocycles. The molecule has 8 aromatic rings. The predicted octanol–water partition coefficient (Wildman–Crippen LogP) is 12.1. The van der Waals surface area contributed by atoms with Gasteiger partial charge in [-0.3, -0.25) is 15.0 Å². The molecule has 0 radical (unpaired) electrons. The van der Waals surface area contributed by atoms with E-state index >= 15 is 4.39 Å². The van der Waals surface area contributed by atoms with Crippen LogP contribution in [0.15, 0.2) is 104 Å². The molecule has 0 bridgehead atoms. The zero-order chi connectivity index (χ0) is 41.9. The number of ether oxygens (including phenoxy) is 2. The van der Waals surface area contributed by atoms with E-state index in [1.54, 1.807) is 45.0 Å². The number of halogens is 5. The van der Waals surface area contributed by atoms with Crippen LogP contribution in [0.2, 0.25) is 15.1 Å². The second-order valence-corrected chi connectivity index (χ2v) is 14.9. The lowest BCUT2D eigenvalue weighted by Crippen LogP contribution is -2.36. The van der Waals surface area contributed by atoms with Crippen molar-refractivity contribution in [2.45, 2.75) is 21.3 Å². The third kappa shape index (κ3) is 8.76. The molecule has 1 fully saturated rings. The molecule has 61 heavy (non-hydrogen) atoms. The number of nitrogens with zero attached hydrogens (tertiary/aromatic N) is 7. The van der Waals surface area contributed by atoms with Crippen LogP contribution in [0.4, 0.5) is 26.0 Å². The molecule has 0 amide bonds. The number of hydrogen-bond donors (Lipinski definition) is 1. The topological polar surface area (TPSA) is 111 Å². The SMILES string of the molecule is C.COc1cncc(-c2cnc(N3CCOCC3)cc2Nc2c(C)c(-c3ccccn3)nc3c(Cl)ccc(F)c23)c1.Cc1c(-c2ccccn2)nc2c(Cl)ccc(F)c2c1Cl. The number of nitrogens with one attached hydrogen (secondary N) is 1. The Bertz CT molecular complexity index is 2870. The lowest BCUT2D eigenvalue weighted by atomic mass is 10.0. The summed E-state index contributed by atoms with van der Waals surface area (Å²) in [5.74, 6) is 0.529. The van der Waals surface area contributed by atoms with Crippen molar-refractivity contribution in [2.24, 2.45) is 0 Å². The average molecular weight is 880 g/mol. The molecule has 10 nitrogen and oxygen atoms in total. The maximum Gasteiger partial charge on any atom is 0.137 e. The minimum atomic E-state index is -0.433. The van der Waals surface area contributed by atoms with Gasteiger partial charge in [-0.25, -0.2) is 23.7 Å². The minimum Gasteiger partial charge on any atom is -0.495 e. The van der Waals surface area contributed by atoms with Crippen molar-refractivity contribution >= 4 is 73.8 Å². The van der Waals surface area contributed by atoms with Gasteiger partial charge in [0.2, 0.25) is 0 Å². The van der Waals surface area contributed by atoms with Gasteiger partial charge in [0.05, 0.1) is 97.5 Å². The molecule has 7 heterocycles. The van der Waals surface area contributed by atoms with Gasteiger partial charge in [0, 0.05) is 60.6 Å². The van der Waals surface area contributed by atoms with Gasteiger partial charge in [-0.05, 0) is 74.0 Å². The van der Waals surface area contributed by atoms with Gasteiger partial charge in [0.1, 0.15) is 23.2 Å². The van der Waals surface area contributed by atoms with E-state index in [0.717, 1.165) is 35.6 Å². The number of anilines is 3. The Hall–Kier alpha value is -6.05. The fourth-order valence-electron chi connectivity index (χ4n) is 6.95. The van der Waals surface area contributed by atoms with Crippen LogP contribution >= 0.6 is 34.8 Å². The molecular weight excluding hydrogens is 841 g/mol. The van der Waals surface area contributed by atoms with E-state index in [9.17, 15) is 4.39 Å². The number of methoxy groups -OCH3 is 1. The van der Waals surface area contributed by atoms with E-state index in [1.165, 1.54) is 24.3 Å². The lowest BCUT2D eigenvalue weighted by Gasteiger charge is -2.28. The molecular formula is C46H39Cl3F2N8O2. The molecule has 9 rings (SSSR count). The standard InChI is InChI=1S/C30H26ClFN6O2.C15H9Cl2FN2.CH4/c1-18-28(24-5-3-4-8-34-24)37-30-22(31)6-7-23(32)27(30)29(18)36-25-14-26(38-9-11-40-12-10-38)35-17-21(25)19-13-20(39-2)16-33-15-19;1-8-13(17)12-10(18)6-5-9(16)15(12)20-14(8)11-4-2-3-7-19-11;/h3-8,13-17H,9-12H2,1-2H3,(H,35,36,37);2-7H,1H3;1H4. The van der Waals surface area contributed by atoms with Crippen molar-refractivity contribution < 1.29 is 18.3 Å². The van der Waals surface area contributed by atoms with Gasteiger partial charge in [0.25, 0.3) is 0 Å². The molecule has 0 saturated carbocycles. The second-order valence-electron chi connectivity index (χ2n) is 13.7. The maximum absolute atomic E-state index is 15.5. The number of rotatable bonds is 7. The Morgan fingerprint density at radius 1 is 0.721 bits per heavy atom. The van der Waals surface area contributed by atoms with Crippen molar-refractivity contribution in [3.05, 3.63) is 142 Å². The normalized spacial score (nSPS) is 12.4. The highest BCUT2D eigenvalue weighted by atomic mass is 35.5. The van der Waals surface area contributed by atoms with Crippen molar-refractivity contribution in [3.8, 4) is 39.7 Å². The number of fused-ring (bicyclic) bond motifs is 2. The smallest absolute Gasteiger partial charge is 0.137 e. The van der Waals surface area contributed by atoms with Gasteiger partial charge in [-0.15, -0.1) is 0 Å². The Labute approximate surface area is 366 Å². The Morgan fingerprint density at radius 2 is 1.33 bits per heavy atom. The Morgan fingerprint density at radius 3 is 1.93 bits per heavy atom. The highest BCUT2D eigenvalue weighted by Crippen LogP contribution is 2.42. The molecule has 1 aliphatic heterocycles. The summed E-state index contributed by atoms with van der Waals surface area (Å²) in [6, 6.07) is 20.6. The Kier molecular flexibility index (Phi) is 13.2. The van der Waals surface area contributed by atoms with Crippen LogP contribution in [-0.2, 0) is 4.74 Å². The summed E-state index contributed by atoms with van der Waals surface area (Å²) in [6.45, 7) is 6.37. The van der Waals surface area contributed by atoms with E-state index in [2.05, 4.69) is 30.2 Å². The summed E-state index contributed by atoms with van der Waals surface area (Å²) < 4.78 is 40.4. The number of aromatic nitrogens is 6. The molecule has 310 valence electrons. The number of hydrogen-bond acceptors (Lipinski definition) is 10. The first-order valence-electron chi connectivity index (χ1n) is 18.8. The summed E-state index contributed by atoms with van der Waals surface area (Å²) in [5, 5.41) is 5.11. The summed E-state index contributed by atoms with van der Waals surface area (Å²) >= 11 is 19.0. The maximum atomic E-state index is 15.5. The first-order chi connectivity index (χ1) is 29.1. The van der Waals surface area contributed by atoms with E-state index in [-0.39, 0.29) is 12.8 Å². The third-order valence-corrected chi connectivity index (χ3v) is 11.1. The number of pyridine rings is 6. The zero-order valence-electron chi connectivity index (χ0n) is 32.5. The van der Waals surface area contributed by atoms with Crippen molar-refractivity contribution in [1.82, 2.24) is 29.9 Å². The van der Waals surface area contributed by atoms with Crippen LogP contribution in [0.25, 0.3) is 55.7 Å². The van der Waals surface area contributed by atoms with Crippen molar-refractivity contribution in [2.75, 3.05) is 43.6 Å². The lowest BCUT2D eigenvalue weighted by molar-refractivity contribution is 0.122. The van der Waals surface area contributed by atoms with Crippen LogP contribution < -0.4 is 15.0 Å². The van der Waals surface area contributed by atoms with E-state index in [4.69, 9.17) is 54.2 Å². The monoisotopic (exact) mass is 878 g/mol. The molecule has 6 aromatic heterocycles. The van der Waals surface area contributed by atoms with Gasteiger partial charge in [0.15, 0.2) is 0 Å². The highest BCUT2D eigenvalue weighted by molar-refractivity contribution is 6.40. The van der Waals surface area contributed by atoms with Crippen LogP contribution in [0, 0.1) is 25.5 Å². The summed E-state index contributed by atoms with van der Waals surface area (Å²) in [7, 11) is 1.60. The molecule has 0 aliphatic carbocycles. The molecule has 0 spiro atoms. The van der Waals surface area contributed by atoms with Crippen molar-refractivity contribution in [3.63, 3.8) is 0 Å². The fraction of sp³-hybridized carbons (Fsp3) is 0.174. The minimum absolute atomic E-state index is 0. The van der Waals surface area contributed by atoms with Gasteiger partial charge < -0.3 is 19.7 Å². The van der Waals surface area contributed by atoms with Gasteiger partial charge >= 0.3 is 0 Å². The first-order valence-corrected chi connectivity index (χ1v) is 19.9. The fourth-order valence-corrected chi connectivity index (χ4v) is 7.62. The van der Waals surface area contributed by atoms with Crippen LogP contribution in [0.1, 0.15) is 18.6 Å². The molecule has 1 N–H and O–H groups in total. The highest BCUT2D eigenvalue weighted by Gasteiger charge is 2.23. The molecule has 1 aliphatic rings. The molecule has 2 aromatic carbocycles. The number of benzene rings is 2. The van der Waals surface area contributed by atoms with E-state index in [1.807, 2.05) is 55.5 Å². The zero-order valence-corrected chi connectivity index (χ0v) is 34.7. The summed E-state index contributed by atoms with van der Waals surface area (Å²) in [6.07, 6.45) is 8.55. The average Bonchev–Trinajstić information content (AvgIpc) is 3.29. The van der Waals surface area contributed by atoms with Crippen LogP contribution in [-0.4, -0.2) is 63.3 Å². The first kappa shape index (κ1) is 43.1. The number of morpholine rings is 1.